The summed E-state index contributed by atoms with van der Waals surface area (Å²) < 4.78 is 5.32. The smallest absolute Gasteiger partial charge is 0.225 e. The molecule has 2 unspecified atom stereocenters. The van der Waals surface area contributed by atoms with Gasteiger partial charge in [-0.05, 0) is 6.42 Å². The number of nitrogens with one attached hydrogen (secondary N) is 1. The summed E-state index contributed by atoms with van der Waals surface area (Å²) in [6, 6.07) is 0.0750. The van der Waals surface area contributed by atoms with Gasteiger partial charge in [0.2, 0.25) is 17.7 Å². The van der Waals surface area contributed by atoms with Crippen LogP contribution in [0.25, 0.3) is 0 Å². The Balaban J connectivity index is 1.40. The Kier molecular flexibility index (Phi) is 5.90. The highest BCUT2D eigenvalue weighted by Crippen LogP contribution is 2.19. The lowest BCUT2D eigenvalue weighted by atomic mass is 10.1. The number of rotatable bonds is 6. The number of carbonyl (C=O) groups is 3. The molecule has 0 radical (unpaired) electrons. The summed E-state index contributed by atoms with van der Waals surface area (Å²) in [5.41, 5.74) is 0. The van der Waals surface area contributed by atoms with Crippen LogP contribution in [0.5, 0.6) is 0 Å². The zero-order chi connectivity index (χ0) is 17.8. The second-order valence-electron chi connectivity index (χ2n) is 7.14. The zero-order valence-corrected chi connectivity index (χ0v) is 14.9. The van der Waals surface area contributed by atoms with Crippen LogP contribution in [0.1, 0.15) is 19.3 Å². The van der Waals surface area contributed by atoms with Gasteiger partial charge in [0.25, 0.3) is 0 Å². The van der Waals surface area contributed by atoms with Gasteiger partial charge in [-0.15, -0.1) is 0 Å². The van der Waals surface area contributed by atoms with Gasteiger partial charge < -0.3 is 19.9 Å². The van der Waals surface area contributed by atoms with Crippen LogP contribution in [0.4, 0.5) is 0 Å². The average Bonchev–Trinajstić information content (AvgIpc) is 3.15. The second kappa shape index (κ2) is 8.14. The molecular formula is C17H28N4O4. The number of hydrogen-bond donors (Lipinski definition) is 1. The lowest BCUT2D eigenvalue weighted by Gasteiger charge is -2.28. The Morgan fingerprint density at radius 1 is 1.20 bits per heavy atom. The first-order valence-corrected chi connectivity index (χ1v) is 9.16. The molecule has 8 nitrogen and oxygen atoms in total. The fourth-order valence-corrected chi connectivity index (χ4v) is 3.72. The third-order valence-electron chi connectivity index (χ3n) is 5.52. The number of likely N-dealkylation sites (tertiary alicyclic amines) is 2. The first-order chi connectivity index (χ1) is 12.0. The highest BCUT2D eigenvalue weighted by atomic mass is 16.5. The molecule has 0 aromatic heterocycles. The van der Waals surface area contributed by atoms with Crippen molar-refractivity contribution in [1.29, 1.82) is 0 Å². The number of amides is 3. The van der Waals surface area contributed by atoms with E-state index in [1.165, 1.54) is 0 Å². The van der Waals surface area contributed by atoms with Crippen LogP contribution in [-0.4, -0.2) is 98.0 Å². The molecule has 3 saturated heterocycles. The summed E-state index contributed by atoms with van der Waals surface area (Å²) in [6.45, 7) is 5.77. The lowest BCUT2D eigenvalue weighted by Crippen LogP contribution is -2.43. The second-order valence-corrected chi connectivity index (χ2v) is 7.14. The molecule has 3 amide bonds. The Bertz CT molecular complexity index is 521. The molecule has 2 atom stereocenters. The molecule has 0 aromatic rings. The summed E-state index contributed by atoms with van der Waals surface area (Å²) in [5, 5.41) is 2.93. The number of morpholine rings is 1. The van der Waals surface area contributed by atoms with E-state index in [4.69, 9.17) is 4.74 Å². The minimum absolute atomic E-state index is 0.0570. The van der Waals surface area contributed by atoms with Crippen LogP contribution >= 0.6 is 0 Å². The summed E-state index contributed by atoms with van der Waals surface area (Å²) in [6.07, 6.45) is 1.62. The van der Waals surface area contributed by atoms with Crippen LogP contribution in [-0.2, 0) is 19.1 Å². The number of likely N-dealkylation sites (N-methyl/N-ethyl adjacent to an activating group) is 1. The van der Waals surface area contributed by atoms with Gasteiger partial charge in [0.1, 0.15) is 0 Å². The van der Waals surface area contributed by atoms with E-state index in [0.717, 1.165) is 39.3 Å². The van der Waals surface area contributed by atoms with Crippen LogP contribution in [0.2, 0.25) is 0 Å². The van der Waals surface area contributed by atoms with Crippen molar-refractivity contribution in [2.24, 2.45) is 5.92 Å². The van der Waals surface area contributed by atoms with Gasteiger partial charge in [0, 0.05) is 65.2 Å². The van der Waals surface area contributed by atoms with E-state index in [1.807, 2.05) is 0 Å². The van der Waals surface area contributed by atoms with Crippen LogP contribution in [0.15, 0.2) is 0 Å². The molecule has 1 N–H and O–H groups in total. The van der Waals surface area contributed by atoms with Crippen molar-refractivity contribution in [3.05, 3.63) is 0 Å². The van der Waals surface area contributed by atoms with Crippen LogP contribution < -0.4 is 5.32 Å². The molecular weight excluding hydrogens is 324 g/mol. The van der Waals surface area contributed by atoms with Crippen molar-refractivity contribution < 1.29 is 19.1 Å². The van der Waals surface area contributed by atoms with Gasteiger partial charge in [0.05, 0.1) is 19.1 Å². The maximum absolute atomic E-state index is 12.4. The predicted molar refractivity (Wildman–Crippen MR) is 90.7 cm³/mol. The molecule has 0 spiro atoms. The monoisotopic (exact) mass is 352 g/mol. The summed E-state index contributed by atoms with van der Waals surface area (Å²) in [5.74, 6) is -0.166. The van der Waals surface area contributed by atoms with Crippen LogP contribution in [0, 0.1) is 5.92 Å². The SMILES string of the molecule is CN1C(=O)CCC1CNC(=O)C1CC(=O)N(CCN2CCOCC2)C1. The molecule has 8 heteroatoms. The highest BCUT2D eigenvalue weighted by molar-refractivity contribution is 5.89. The normalized spacial score (nSPS) is 28.0. The van der Waals surface area contributed by atoms with Crippen molar-refractivity contribution in [3.63, 3.8) is 0 Å². The van der Waals surface area contributed by atoms with E-state index in [2.05, 4.69) is 10.2 Å². The minimum Gasteiger partial charge on any atom is -0.379 e. The van der Waals surface area contributed by atoms with Gasteiger partial charge >= 0.3 is 0 Å². The van der Waals surface area contributed by atoms with Crippen molar-refractivity contribution in [3.8, 4) is 0 Å². The van der Waals surface area contributed by atoms with Crippen molar-refractivity contribution in [2.45, 2.75) is 25.3 Å². The minimum atomic E-state index is -0.278. The van der Waals surface area contributed by atoms with Gasteiger partial charge in [-0.25, -0.2) is 0 Å². The van der Waals surface area contributed by atoms with E-state index < -0.39 is 0 Å². The Morgan fingerprint density at radius 3 is 2.64 bits per heavy atom. The maximum Gasteiger partial charge on any atom is 0.225 e. The van der Waals surface area contributed by atoms with Crippen molar-refractivity contribution >= 4 is 17.7 Å². The van der Waals surface area contributed by atoms with E-state index in [1.54, 1.807) is 16.8 Å². The third-order valence-corrected chi connectivity index (χ3v) is 5.52. The summed E-state index contributed by atoms with van der Waals surface area (Å²) >= 11 is 0. The zero-order valence-electron chi connectivity index (χ0n) is 14.9. The Hall–Kier alpha value is -1.67. The molecule has 3 aliphatic rings. The van der Waals surface area contributed by atoms with Gasteiger partial charge in [-0.1, -0.05) is 0 Å². The summed E-state index contributed by atoms with van der Waals surface area (Å²) in [7, 11) is 1.78. The molecule has 3 fully saturated rings. The Morgan fingerprint density at radius 2 is 1.96 bits per heavy atom. The van der Waals surface area contributed by atoms with E-state index >= 15 is 0 Å². The molecule has 3 aliphatic heterocycles. The van der Waals surface area contributed by atoms with E-state index in [0.29, 0.717) is 26.1 Å². The quantitative estimate of drug-likeness (QED) is 0.657. The van der Waals surface area contributed by atoms with Crippen molar-refractivity contribution in [2.75, 3.05) is 59.5 Å². The molecule has 25 heavy (non-hydrogen) atoms. The van der Waals surface area contributed by atoms with E-state index in [9.17, 15) is 14.4 Å². The average molecular weight is 352 g/mol. The third kappa shape index (κ3) is 4.49. The van der Waals surface area contributed by atoms with E-state index in [-0.39, 0.29) is 36.1 Å². The van der Waals surface area contributed by atoms with Gasteiger partial charge in [-0.2, -0.15) is 0 Å². The fourth-order valence-electron chi connectivity index (χ4n) is 3.72. The highest BCUT2D eigenvalue weighted by Gasteiger charge is 2.35. The number of carbonyl (C=O) groups excluding carboxylic acids is 3. The van der Waals surface area contributed by atoms with Gasteiger partial charge in [0.15, 0.2) is 0 Å². The van der Waals surface area contributed by atoms with Crippen molar-refractivity contribution in [1.82, 2.24) is 20.0 Å². The molecule has 0 saturated carbocycles. The number of hydrogen-bond acceptors (Lipinski definition) is 5. The standard InChI is InChI=1S/C17H28N4O4/c1-19-14(2-3-15(19)22)11-18-17(24)13-10-16(23)21(12-13)5-4-20-6-8-25-9-7-20/h13-14H,2-12H2,1H3,(H,18,24). The fraction of sp³-hybridized carbons (Fsp3) is 0.824. The lowest BCUT2D eigenvalue weighted by molar-refractivity contribution is -0.129. The molecule has 3 rings (SSSR count). The predicted octanol–water partition coefficient (Wildman–Crippen LogP) is -1.10. The topological polar surface area (TPSA) is 82.2 Å². The molecule has 0 aromatic carbocycles. The molecule has 3 heterocycles. The molecule has 0 bridgehead atoms. The first-order valence-electron chi connectivity index (χ1n) is 9.16. The largest absolute Gasteiger partial charge is 0.379 e. The van der Waals surface area contributed by atoms with Gasteiger partial charge in [-0.3, -0.25) is 19.3 Å². The van der Waals surface area contributed by atoms with Crippen LogP contribution in [0.3, 0.4) is 0 Å². The number of nitrogens with zero attached hydrogens (tertiary/aromatic N) is 3. The molecule has 0 aliphatic carbocycles. The maximum atomic E-state index is 12.4. The molecule has 140 valence electrons. The number of ether oxygens (including phenoxy) is 1. The Labute approximate surface area is 148 Å². The summed E-state index contributed by atoms with van der Waals surface area (Å²) in [4.78, 5) is 41.8. The first kappa shape index (κ1) is 18.1.